The summed E-state index contributed by atoms with van der Waals surface area (Å²) in [5.74, 6) is -0.413. The van der Waals surface area contributed by atoms with Crippen LogP contribution in [0.2, 0.25) is 0 Å². The maximum absolute atomic E-state index is 11.2. The Morgan fingerprint density at radius 3 is 2.71 bits per heavy atom. The Balaban J connectivity index is 1.74. The van der Waals surface area contributed by atoms with Crippen molar-refractivity contribution in [3.05, 3.63) is 47.2 Å². The van der Waals surface area contributed by atoms with Gasteiger partial charge in [0.1, 0.15) is 12.4 Å². The SMILES string of the molecule is O=C1OCC(O)=C1CCOCc1ccccc1. The van der Waals surface area contributed by atoms with E-state index in [0.717, 1.165) is 5.56 Å². The predicted octanol–water partition coefficient (Wildman–Crippen LogP) is 1.96. The van der Waals surface area contributed by atoms with Crippen LogP contribution < -0.4 is 0 Å². The molecule has 0 amide bonds. The highest BCUT2D eigenvalue weighted by Crippen LogP contribution is 2.16. The third-order valence-electron chi connectivity index (χ3n) is 2.54. The first-order valence-electron chi connectivity index (χ1n) is 5.47. The topological polar surface area (TPSA) is 55.8 Å². The van der Waals surface area contributed by atoms with Gasteiger partial charge in [0.25, 0.3) is 0 Å². The van der Waals surface area contributed by atoms with Gasteiger partial charge in [-0.25, -0.2) is 4.79 Å². The molecule has 0 bridgehead atoms. The Hall–Kier alpha value is -1.81. The van der Waals surface area contributed by atoms with Crippen molar-refractivity contribution in [1.29, 1.82) is 0 Å². The summed E-state index contributed by atoms with van der Waals surface area (Å²) in [6, 6.07) is 9.78. The minimum absolute atomic E-state index is 0.00709. The minimum atomic E-state index is -0.439. The zero-order valence-corrected chi connectivity index (χ0v) is 9.39. The maximum Gasteiger partial charge on any atom is 0.338 e. The molecule has 0 radical (unpaired) electrons. The van der Waals surface area contributed by atoms with Crippen LogP contribution >= 0.6 is 0 Å². The molecule has 0 aliphatic carbocycles. The fraction of sp³-hybridized carbons (Fsp3) is 0.308. The zero-order chi connectivity index (χ0) is 12.1. The number of aliphatic hydroxyl groups excluding tert-OH is 1. The molecule has 1 heterocycles. The van der Waals surface area contributed by atoms with Crippen LogP contribution in [0.1, 0.15) is 12.0 Å². The van der Waals surface area contributed by atoms with E-state index in [2.05, 4.69) is 4.74 Å². The molecule has 1 N–H and O–H groups in total. The lowest BCUT2D eigenvalue weighted by Gasteiger charge is -2.04. The molecule has 0 saturated carbocycles. The molecule has 1 aromatic carbocycles. The molecular weight excluding hydrogens is 220 g/mol. The second kappa shape index (κ2) is 5.50. The molecule has 90 valence electrons. The van der Waals surface area contributed by atoms with E-state index in [1.165, 1.54) is 0 Å². The Morgan fingerprint density at radius 1 is 1.29 bits per heavy atom. The van der Waals surface area contributed by atoms with Crippen LogP contribution in [0.5, 0.6) is 0 Å². The summed E-state index contributed by atoms with van der Waals surface area (Å²) < 4.78 is 10.1. The van der Waals surface area contributed by atoms with Gasteiger partial charge in [-0.15, -0.1) is 0 Å². The average molecular weight is 234 g/mol. The molecule has 0 spiro atoms. The molecule has 1 aliphatic rings. The van der Waals surface area contributed by atoms with Gasteiger partial charge in [-0.3, -0.25) is 0 Å². The lowest BCUT2D eigenvalue weighted by Crippen LogP contribution is -2.04. The average Bonchev–Trinajstić information content (AvgIpc) is 2.67. The first kappa shape index (κ1) is 11.7. The minimum Gasteiger partial charge on any atom is -0.508 e. The predicted molar refractivity (Wildman–Crippen MR) is 61.3 cm³/mol. The molecule has 0 atom stereocenters. The molecule has 17 heavy (non-hydrogen) atoms. The summed E-state index contributed by atoms with van der Waals surface area (Å²) in [5.41, 5.74) is 1.41. The van der Waals surface area contributed by atoms with Crippen molar-refractivity contribution >= 4 is 5.97 Å². The highest BCUT2D eigenvalue weighted by Gasteiger charge is 2.23. The van der Waals surface area contributed by atoms with Crippen LogP contribution in [0.25, 0.3) is 0 Å². The van der Waals surface area contributed by atoms with Gasteiger partial charge >= 0.3 is 5.97 Å². The van der Waals surface area contributed by atoms with Crippen LogP contribution in [-0.2, 0) is 20.9 Å². The first-order chi connectivity index (χ1) is 8.27. The van der Waals surface area contributed by atoms with E-state index in [4.69, 9.17) is 4.74 Å². The summed E-state index contributed by atoms with van der Waals surface area (Å²) in [6.45, 7) is 0.889. The molecule has 2 rings (SSSR count). The van der Waals surface area contributed by atoms with Crippen LogP contribution in [0.4, 0.5) is 0 Å². The smallest absolute Gasteiger partial charge is 0.338 e. The van der Waals surface area contributed by atoms with Gasteiger partial charge in [0, 0.05) is 6.42 Å². The van der Waals surface area contributed by atoms with Crippen LogP contribution in [0, 0.1) is 0 Å². The number of cyclic esters (lactones) is 1. The summed E-state index contributed by atoms with van der Waals surface area (Å²) >= 11 is 0. The number of hydrogen-bond donors (Lipinski definition) is 1. The van der Waals surface area contributed by atoms with E-state index in [0.29, 0.717) is 25.2 Å². The van der Waals surface area contributed by atoms with Crippen molar-refractivity contribution in [2.45, 2.75) is 13.0 Å². The molecule has 0 aromatic heterocycles. The number of esters is 1. The Morgan fingerprint density at radius 2 is 2.06 bits per heavy atom. The van der Waals surface area contributed by atoms with Crippen LogP contribution in [0.3, 0.4) is 0 Å². The Labute approximate surface area is 99.5 Å². The number of ether oxygens (including phenoxy) is 2. The highest BCUT2D eigenvalue weighted by molar-refractivity contribution is 5.91. The van der Waals surface area contributed by atoms with E-state index in [1.54, 1.807) is 0 Å². The highest BCUT2D eigenvalue weighted by atomic mass is 16.5. The van der Waals surface area contributed by atoms with Gasteiger partial charge in [0.05, 0.1) is 18.8 Å². The van der Waals surface area contributed by atoms with Crippen molar-refractivity contribution in [2.24, 2.45) is 0 Å². The number of carbonyl (C=O) groups is 1. The van der Waals surface area contributed by atoms with Crippen molar-refractivity contribution in [3.8, 4) is 0 Å². The summed E-state index contributed by atoms with van der Waals surface area (Å²) in [6.07, 6.45) is 0.386. The third kappa shape index (κ3) is 3.07. The molecule has 4 heteroatoms. The number of benzene rings is 1. The Kier molecular flexibility index (Phi) is 3.77. The number of aliphatic hydroxyl groups is 1. The fourth-order valence-electron chi connectivity index (χ4n) is 1.61. The summed E-state index contributed by atoms with van der Waals surface area (Å²) in [5, 5.41) is 9.35. The standard InChI is InChI=1S/C13H14O4/c14-12-9-17-13(15)11(12)6-7-16-8-10-4-2-1-3-5-10/h1-5,14H,6-9H2. The van der Waals surface area contributed by atoms with Crippen LogP contribution in [0.15, 0.2) is 41.7 Å². The van der Waals surface area contributed by atoms with Gasteiger partial charge in [0.2, 0.25) is 0 Å². The molecule has 4 nitrogen and oxygen atoms in total. The quantitative estimate of drug-likeness (QED) is 0.625. The third-order valence-corrected chi connectivity index (χ3v) is 2.54. The van der Waals surface area contributed by atoms with Gasteiger partial charge < -0.3 is 14.6 Å². The molecular formula is C13H14O4. The van der Waals surface area contributed by atoms with Gasteiger partial charge in [-0.1, -0.05) is 30.3 Å². The molecule has 0 saturated heterocycles. The largest absolute Gasteiger partial charge is 0.508 e. The molecule has 0 fully saturated rings. The zero-order valence-electron chi connectivity index (χ0n) is 9.39. The van der Waals surface area contributed by atoms with E-state index < -0.39 is 5.97 Å². The Bertz CT molecular complexity index is 422. The molecule has 1 aliphatic heterocycles. The van der Waals surface area contributed by atoms with Gasteiger partial charge in [0.15, 0.2) is 0 Å². The maximum atomic E-state index is 11.2. The second-order valence-corrected chi connectivity index (χ2v) is 3.79. The van der Waals surface area contributed by atoms with Crippen molar-refractivity contribution in [2.75, 3.05) is 13.2 Å². The summed E-state index contributed by atoms with van der Waals surface area (Å²) in [7, 11) is 0. The van der Waals surface area contributed by atoms with Crippen molar-refractivity contribution in [1.82, 2.24) is 0 Å². The lowest BCUT2D eigenvalue weighted by molar-refractivity contribution is -0.136. The van der Waals surface area contributed by atoms with Crippen LogP contribution in [-0.4, -0.2) is 24.3 Å². The lowest BCUT2D eigenvalue weighted by atomic mass is 10.2. The van der Waals surface area contributed by atoms with E-state index in [1.807, 2.05) is 30.3 Å². The molecule has 1 aromatic rings. The number of hydrogen-bond acceptors (Lipinski definition) is 4. The number of rotatable bonds is 5. The fourth-order valence-corrected chi connectivity index (χ4v) is 1.61. The second-order valence-electron chi connectivity index (χ2n) is 3.79. The van der Waals surface area contributed by atoms with E-state index in [9.17, 15) is 9.90 Å². The first-order valence-corrected chi connectivity index (χ1v) is 5.47. The normalized spacial score (nSPS) is 15.2. The molecule has 0 unspecified atom stereocenters. The van der Waals surface area contributed by atoms with E-state index >= 15 is 0 Å². The number of carbonyl (C=O) groups excluding carboxylic acids is 1. The van der Waals surface area contributed by atoms with Gasteiger partial charge in [-0.2, -0.15) is 0 Å². The monoisotopic (exact) mass is 234 g/mol. The van der Waals surface area contributed by atoms with Gasteiger partial charge in [-0.05, 0) is 5.56 Å². The van der Waals surface area contributed by atoms with Crippen molar-refractivity contribution < 1.29 is 19.4 Å². The summed E-state index contributed by atoms with van der Waals surface area (Å²) in [4.78, 5) is 11.2. The van der Waals surface area contributed by atoms with E-state index in [-0.39, 0.29) is 12.4 Å². The van der Waals surface area contributed by atoms with Crippen molar-refractivity contribution in [3.63, 3.8) is 0 Å².